The first-order chi connectivity index (χ1) is 9.54. The summed E-state index contributed by atoms with van der Waals surface area (Å²) in [6, 6.07) is 4.36. The predicted octanol–water partition coefficient (Wildman–Crippen LogP) is 1.50. The monoisotopic (exact) mass is 279 g/mol. The fourth-order valence-electron chi connectivity index (χ4n) is 2.21. The van der Waals surface area contributed by atoms with Gasteiger partial charge in [-0.05, 0) is 19.1 Å². The molecule has 1 amide bonds. The average Bonchev–Trinajstić information content (AvgIpc) is 2.46. The maximum absolute atomic E-state index is 12.5. The van der Waals surface area contributed by atoms with E-state index in [9.17, 15) is 14.9 Å². The molecule has 7 heteroatoms. The van der Waals surface area contributed by atoms with Crippen LogP contribution in [0.3, 0.4) is 0 Å². The zero-order valence-electron chi connectivity index (χ0n) is 11.5. The maximum atomic E-state index is 12.5. The molecule has 1 aliphatic rings. The van der Waals surface area contributed by atoms with Crippen LogP contribution in [0.1, 0.15) is 17.3 Å². The van der Waals surface area contributed by atoms with E-state index in [1.807, 2.05) is 6.92 Å². The van der Waals surface area contributed by atoms with E-state index >= 15 is 0 Å². The molecule has 1 atom stereocenters. The molecule has 2 rings (SSSR count). The van der Waals surface area contributed by atoms with Crippen LogP contribution in [0.2, 0.25) is 0 Å². The van der Waals surface area contributed by atoms with Crippen molar-refractivity contribution in [1.29, 1.82) is 0 Å². The zero-order chi connectivity index (χ0) is 14.7. The number of carbonyl (C=O) groups is 1. The lowest BCUT2D eigenvalue weighted by atomic mass is 10.1. The topological polar surface area (TPSA) is 84.7 Å². The number of ether oxygens (including phenoxy) is 1. The van der Waals surface area contributed by atoms with Crippen LogP contribution in [0.15, 0.2) is 18.2 Å². The summed E-state index contributed by atoms with van der Waals surface area (Å²) in [7, 11) is 1.70. The van der Waals surface area contributed by atoms with Gasteiger partial charge in [-0.3, -0.25) is 14.9 Å². The van der Waals surface area contributed by atoms with Gasteiger partial charge < -0.3 is 15.0 Å². The normalized spacial score (nSPS) is 18.7. The van der Waals surface area contributed by atoms with Crippen LogP contribution in [0, 0.1) is 10.1 Å². The van der Waals surface area contributed by atoms with Crippen molar-refractivity contribution in [3.63, 3.8) is 0 Å². The molecule has 0 spiro atoms. The van der Waals surface area contributed by atoms with Gasteiger partial charge in [0.25, 0.3) is 11.6 Å². The minimum absolute atomic E-state index is 0.0888. The molecule has 1 aromatic carbocycles. The van der Waals surface area contributed by atoms with Crippen molar-refractivity contribution in [2.24, 2.45) is 0 Å². The second-order valence-electron chi connectivity index (χ2n) is 4.66. The molecular formula is C13H17N3O4. The molecule has 0 saturated carbocycles. The second-order valence-corrected chi connectivity index (χ2v) is 4.66. The Kier molecular flexibility index (Phi) is 4.19. The first-order valence-corrected chi connectivity index (χ1v) is 6.39. The lowest BCUT2D eigenvalue weighted by Crippen LogP contribution is -2.47. The van der Waals surface area contributed by atoms with E-state index in [0.29, 0.717) is 25.4 Å². The van der Waals surface area contributed by atoms with Gasteiger partial charge in [0.05, 0.1) is 24.2 Å². The van der Waals surface area contributed by atoms with Crippen LogP contribution in [-0.2, 0) is 4.74 Å². The van der Waals surface area contributed by atoms with Crippen molar-refractivity contribution in [3.8, 4) is 0 Å². The van der Waals surface area contributed by atoms with Gasteiger partial charge in [-0.15, -0.1) is 0 Å². The third-order valence-electron chi connectivity index (χ3n) is 3.34. The van der Waals surface area contributed by atoms with Gasteiger partial charge in [-0.25, -0.2) is 0 Å². The third-order valence-corrected chi connectivity index (χ3v) is 3.34. The summed E-state index contributed by atoms with van der Waals surface area (Å²) in [6.45, 7) is 3.21. The van der Waals surface area contributed by atoms with Crippen LogP contribution in [-0.4, -0.2) is 48.6 Å². The number of anilines is 1. The molecule has 0 radical (unpaired) electrons. The summed E-state index contributed by atoms with van der Waals surface area (Å²) >= 11 is 0. The van der Waals surface area contributed by atoms with Crippen molar-refractivity contribution in [1.82, 2.24) is 4.90 Å². The number of nitro benzene ring substituents is 1. The SMILES string of the molecule is CNc1ccc([N+](=O)[O-])c(C(=O)N2CCOCC2C)c1. The Morgan fingerprint density at radius 2 is 2.30 bits per heavy atom. The van der Waals surface area contributed by atoms with Gasteiger partial charge >= 0.3 is 0 Å². The number of hydrogen-bond donors (Lipinski definition) is 1. The number of rotatable bonds is 3. The molecule has 0 aromatic heterocycles. The molecule has 20 heavy (non-hydrogen) atoms. The lowest BCUT2D eigenvalue weighted by Gasteiger charge is -2.33. The Labute approximate surface area is 116 Å². The van der Waals surface area contributed by atoms with Gasteiger partial charge in [0, 0.05) is 25.3 Å². The van der Waals surface area contributed by atoms with Crippen molar-refractivity contribution in [2.75, 3.05) is 32.1 Å². The summed E-state index contributed by atoms with van der Waals surface area (Å²) in [5, 5.41) is 14.0. The molecule has 108 valence electrons. The quantitative estimate of drug-likeness (QED) is 0.669. The highest BCUT2D eigenvalue weighted by Crippen LogP contribution is 2.25. The largest absolute Gasteiger partial charge is 0.388 e. The second kappa shape index (κ2) is 5.87. The van der Waals surface area contributed by atoms with Gasteiger partial charge in [-0.2, -0.15) is 0 Å². The van der Waals surface area contributed by atoms with E-state index in [1.165, 1.54) is 12.1 Å². The number of nitrogens with zero attached hydrogens (tertiary/aromatic N) is 2. The molecule has 1 aliphatic heterocycles. The smallest absolute Gasteiger partial charge is 0.282 e. The first-order valence-electron chi connectivity index (χ1n) is 6.39. The first kappa shape index (κ1) is 14.3. The number of nitrogens with one attached hydrogen (secondary N) is 1. The highest BCUT2D eigenvalue weighted by molar-refractivity contribution is 5.99. The Morgan fingerprint density at radius 1 is 1.55 bits per heavy atom. The lowest BCUT2D eigenvalue weighted by molar-refractivity contribution is -0.385. The minimum atomic E-state index is -0.530. The minimum Gasteiger partial charge on any atom is -0.388 e. The van der Waals surface area contributed by atoms with E-state index < -0.39 is 4.92 Å². The van der Waals surface area contributed by atoms with Crippen LogP contribution >= 0.6 is 0 Å². The zero-order valence-corrected chi connectivity index (χ0v) is 11.5. The Balaban J connectivity index is 2.38. The molecule has 1 fully saturated rings. The van der Waals surface area contributed by atoms with Crippen LogP contribution in [0.5, 0.6) is 0 Å². The number of morpholine rings is 1. The molecule has 1 aromatic rings. The van der Waals surface area contributed by atoms with Gasteiger partial charge in [0.1, 0.15) is 5.56 Å². The highest BCUT2D eigenvalue weighted by atomic mass is 16.6. The molecule has 0 aliphatic carbocycles. The number of nitro groups is 1. The molecule has 0 bridgehead atoms. The Hall–Kier alpha value is -2.15. The number of amides is 1. The summed E-state index contributed by atoms with van der Waals surface area (Å²) in [6.07, 6.45) is 0. The van der Waals surface area contributed by atoms with Crippen LogP contribution in [0.25, 0.3) is 0 Å². The number of hydrogen-bond acceptors (Lipinski definition) is 5. The van der Waals surface area contributed by atoms with Gasteiger partial charge in [0.2, 0.25) is 0 Å². The fraction of sp³-hybridized carbons (Fsp3) is 0.462. The molecule has 7 nitrogen and oxygen atoms in total. The summed E-state index contributed by atoms with van der Waals surface area (Å²) < 4.78 is 5.28. The van der Waals surface area contributed by atoms with E-state index in [2.05, 4.69) is 5.32 Å². The Morgan fingerprint density at radius 3 is 2.90 bits per heavy atom. The van der Waals surface area contributed by atoms with Crippen molar-refractivity contribution < 1.29 is 14.5 Å². The maximum Gasteiger partial charge on any atom is 0.282 e. The van der Waals surface area contributed by atoms with Crippen molar-refractivity contribution in [2.45, 2.75) is 13.0 Å². The summed E-state index contributed by atoms with van der Waals surface area (Å²) in [5.74, 6) is -0.329. The number of carbonyl (C=O) groups excluding carboxylic acids is 1. The van der Waals surface area contributed by atoms with E-state index in [4.69, 9.17) is 4.74 Å². The van der Waals surface area contributed by atoms with Gasteiger partial charge in [0.15, 0.2) is 0 Å². The summed E-state index contributed by atoms with van der Waals surface area (Å²) in [4.78, 5) is 24.7. The van der Waals surface area contributed by atoms with Crippen molar-refractivity contribution >= 4 is 17.3 Å². The third kappa shape index (κ3) is 2.72. The molecule has 1 N–H and O–H groups in total. The molecular weight excluding hydrogens is 262 g/mol. The average molecular weight is 279 g/mol. The predicted molar refractivity (Wildman–Crippen MR) is 74.0 cm³/mol. The number of benzene rings is 1. The molecule has 1 saturated heterocycles. The fourth-order valence-corrected chi connectivity index (χ4v) is 2.21. The van der Waals surface area contributed by atoms with Crippen molar-refractivity contribution in [3.05, 3.63) is 33.9 Å². The van der Waals surface area contributed by atoms with E-state index in [1.54, 1.807) is 18.0 Å². The van der Waals surface area contributed by atoms with Crippen LogP contribution < -0.4 is 5.32 Å². The molecule has 1 heterocycles. The van der Waals surface area contributed by atoms with E-state index in [-0.39, 0.29) is 23.2 Å². The highest BCUT2D eigenvalue weighted by Gasteiger charge is 2.29. The standard InChI is InChI=1S/C13H17N3O4/c1-9-8-20-6-5-15(9)13(17)11-7-10(14-2)3-4-12(11)16(18)19/h3-4,7,9,14H,5-6,8H2,1-2H3. The van der Waals surface area contributed by atoms with Gasteiger partial charge in [-0.1, -0.05) is 0 Å². The molecule has 1 unspecified atom stereocenters. The summed E-state index contributed by atoms with van der Waals surface area (Å²) in [5.41, 5.74) is 0.600. The Bertz CT molecular complexity index is 532. The van der Waals surface area contributed by atoms with Crippen LogP contribution in [0.4, 0.5) is 11.4 Å². The van der Waals surface area contributed by atoms with E-state index in [0.717, 1.165) is 0 Å².